The molecule has 4 rings (SSSR count). The number of methoxy groups -OCH3 is 2. The molecule has 0 bridgehead atoms. The molecule has 3 aliphatic rings. The van der Waals surface area contributed by atoms with Crippen LogP contribution in [0.5, 0.6) is 11.5 Å². The largest absolute Gasteiger partial charge is 0.493 e. The molecule has 1 spiro atoms. The molecule has 22 heavy (non-hydrogen) atoms. The molecule has 0 aromatic heterocycles. The van der Waals surface area contributed by atoms with Gasteiger partial charge in [-0.2, -0.15) is 0 Å². The van der Waals surface area contributed by atoms with Crippen LogP contribution in [0.4, 0.5) is 0 Å². The number of allylic oxidation sites excluding steroid dienone is 4. The van der Waals surface area contributed by atoms with E-state index < -0.39 is 0 Å². The van der Waals surface area contributed by atoms with Gasteiger partial charge in [-0.25, -0.2) is 0 Å². The second-order valence-electron chi connectivity index (χ2n) is 6.46. The van der Waals surface area contributed by atoms with Crippen molar-refractivity contribution < 1.29 is 14.3 Å². The van der Waals surface area contributed by atoms with E-state index in [0.717, 1.165) is 24.3 Å². The Hall–Kier alpha value is -2.03. The Bertz CT molecular complexity index is 696. The van der Waals surface area contributed by atoms with E-state index in [-0.39, 0.29) is 11.2 Å². The SMILES string of the molecule is COc1cc2c3c(c1OC)C1(C=CC(=O)C=C1)CC3CCC2. The number of hydrogen-bond donors (Lipinski definition) is 0. The van der Waals surface area contributed by atoms with Crippen molar-refractivity contribution >= 4 is 5.78 Å². The van der Waals surface area contributed by atoms with E-state index in [1.807, 2.05) is 0 Å². The zero-order chi connectivity index (χ0) is 15.3. The van der Waals surface area contributed by atoms with Crippen LogP contribution in [-0.4, -0.2) is 20.0 Å². The minimum atomic E-state index is -0.215. The van der Waals surface area contributed by atoms with Crippen molar-refractivity contribution in [3.8, 4) is 11.5 Å². The summed E-state index contributed by atoms with van der Waals surface area (Å²) in [5.41, 5.74) is 3.83. The quantitative estimate of drug-likeness (QED) is 0.838. The molecule has 0 fully saturated rings. The van der Waals surface area contributed by atoms with Crippen LogP contribution in [0.1, 0.15) is 41.9 Å². The number of fused-ring (bicyclic) bond motifs is 1. The monoisotopic (exact) mass is 296 g/mol. The molecule has 0 saturated heterocycles. The summed E-state index contributed by atoms with van der Waals surface area (Å²) in [6.45, 7) is 0. The van der Waals surface area contributed by atoms with Crippen molar-refractivity contribution in [2.45, 2.75) is 37.0 Å². The van der Waals surface area contributed by atoms with Crippen LogP contribution in [0.2, 0.25) is 0 Å². The molecule has 0 N–H and O–H groups in total. The molecule has 3 nitrogen and oxygen atoms in total. The van der Waals surface area contributed by atoms with Crippen LogP contribution in [0.15, 0.2) is 30.4 Å². The molecule has 1 atom stereocenters. The molecule has 1 unspecified atom stereocenters. The number of carbonyl (C=O) groups is 1. The highest BCUT2D eigenvalue weighted by atomic mass is 16.5. The molecule has 3 heteroatoms. The maximum Gasteiger partial charge on any atom is 0.178 e. The molecule has 0 saturated carbocycles. The van der Waals surface area contributed by atoms with E-state index in [2.05, 4.69) is 18.2 Å². The van der Waals surface area contributed by atoms with Gasteiger partial charge in [0.15, 0.2) is 17.3 Å². The van der Waals surface area contributed by atoms with Crippen molar-refractivity contribution in [2.75, 3.05) is 14.2 Å². The Labute approximate surface area is 130 Å². The number of ether oxygens (including phenoxy) is 2. The van der Waals surface area contributed by atoms with E-state index in [0.29, 0.717) is 5.92 Å². The van der Waals surface area contributed by atoms with E-state index >= 15 is 0 Å². The molecule has 114 valence electrons. The minimum absolute atomic E-state index is 0.0626. The summed E-state index contributed by atoms with van der Waals surface area (Å²) in [5, 5.41) is 0. The van der Waals surface area contributed by atoms with Gasteiger partial charge in [0.25, 0.3) is 0 Å². The van der Waals surface area contributed by atoms with Gasteiger partial charge in [0.2, 0.25) is 0 Å². The fraction of sp³-hybridized carbons (Fsp3) is 0.421. The summed E-state index contributed by atoms with van der Waals surface area (Å²) in [5.74, 6) is 2.25. The number of aryl methyl sites for hydroxylation is 1. The summed E-state index contributed by atoms with van der Waals surface area (Å²) < 4.78 is 11.3. The highest BCUT2D eigenvalue weighted by Crippen LogP contribution is 2.58. The lowest BCUT2D eigenvalue weighted by Gasteiger charge is -2.28. The molecular formula is C19H20O3. The van der Waals surface area contributed by atoms with E-state index in [1.165, 1.54) is 29.5 Å². The highest BCUT2D eigenvalue weighted by Gasteiger charge is 2.46. The zero-order valence-electron chi connectivity index (χ0n) is 13.0. The Morgan fingerprint density at radius 3 is 2.64 bits per heavy atom. The van der Waals surface area contributed by atoms with Crippen LogP contribution >= 0.6 is 0 Å². The second kappa shape index (κ2) is 4.73. The van der Waals surface area contributed by atoms with Crippen LogP contribution in [-0.2, 0) is 16.6 Å². The lowest BCUT2D eigenvalue weighted by molar-refractivity contribution is -0.110. The first-order valence-electron chi connectivity index (χ1n) is 7.89. The summed E-state index contributed by atoms with van der Waals surface area (Å²) in [6.07, 6.45) is 12.1. The van der Waals surface area contributed by atoms with Gasteiger partial charge in [-0.1, -0.05) is 12.2 Å². The average Bonchev–Trinajstić information content (AvgIpc) is 2.86. The van der Waals surface area contributed by atoms with Crippen LogP contribution in [0.3, 0.4) is 0 Å². The van der Waals surface area contributed by atoms with Gasteiger partial charge in [-0.15, -0.1) is 0 Å². The van der Waals surface area contributed by atoms with Gasteiger partial charge in [-0.3, -0.25) is 4.79 Å². The summed E-state index contributed by atoms with van der Waals surface area (Å²) >= 11 is 0. The molecule has 0 amide bonds. The molecular weight excluding hydrogens is 276 g/mol. The summed E-state index contributed by atoms with van der Waals surface area (Å²) in [7, 11) is 3.39. The first kappa shape index (κ1) is 13.6. The smallest absolute Gasteiger partial charge is 0.178 e. The van der Waals surface area contributed by atoms with Crippen molar-refractivity contribution in [3.05, 3.63) is 47.1 Å². The van der Waals surface area contributed by atoms with Gasteiger partial charge >= 0.3 is 0 Å². The van der Waals surface area contributed by atoms with Crippen LogP contribution in [0, 0.1) is 0 Å². The molecule has 0 radical (unpaired) electrons. The number of hydrogen-bond acceptors (Lipinski definition) is 3. The van der Waals surface area contributed by atoms with Crippen molar-refractivity contribution in [1.82, 2.24) is 0 Å². The van der Waals surface area contributed by atoms with Gasteiger partial charge in [0.1, 0.15) is 0 Å². The third kappa shape index (κ3) is 1.71. The zero-order valence-corrected chi connectivity index (χ0v) is 13.0. The van der Waals surface area contributed by atoms with Crippen molar-refractivity contribution in [1.29, 1.82) is 0 Å². The van der Waals surface area contributed by atoms with Crippen molar-refractivity contribution in [3.63, 3.8) is 0 Å². The standard InChI is InChI=1S/C19H20O3/c1-21-15-10-12-4-3-5-13-11-19(8-6-14(20)7-9-19)17(16(12)13)18(15)22-2/h6-10,13H,3-5,11H2,1-2H3. The third-order valence-corrected chi connectivity index (χ3v) is 5.34. The molecule has 0 heterocycles. The fourth-order valence-electron chi connectivity index (χ4n) is 4.47. The molecule has 3 aliphatic carbocycles. The van der Waals surface area contributed by atoms with Gasteiger partial charge < -0.3 is 9.47 Å². The first-order valence-corrected chi connectivity index (χ1v) is 7.89. The Morgan fingerprint density at radius 2 is 1.95 bits per heavy atom. The summed E-state index contributed by atoms with van der Waals surface area (Å²) in [4.78, 5) is 11.6. The van der Waals surface area contributed by atoms with Crippen molar-refractivity contribution in [2.24, 2.45) is 0 Å². The fourth-order valence-corrected chi connectivity index (χ4v) is 4.47. The predicted octanol–water partition coefficient (Wildman–Crippen LogP) is 3.46. The van der Waals surface area contributed by atoms with Gasteiger partial charge in [-0.05, 0) is 60.9 Å². The highest BCUT2D eigenvalue weighted by molar-refractivity contribution is 6.01. The number of ketones is 1. The van der Waals surface area contributed by atoms with E-state index in [1.54, 1.807) is 26.4 Å². The van der Waals surface area contributed by atoms with Crippen LogP contribution in [0.25, 0.3) is 0 Å². The summed E-state index contributed by atoms with van der Waals surface area (Å²) in [6, 6.07) is 2.14. The predicted molar refractivity (Wildman–Crippen MR) is 84.8 cm³/mol. The Morgan fingerprint density at radius 1 is 1.18 bits per heavy atom. The number of benzene rings is 1. The molecule has 1 aromatic rings. The van der Waals surface area contributed by atoms with Gasteiger partial charge in [0, 0.05) is 11.0 Å². The normalized spacial score (nSPS) is 23.7. The van der Waals surface area contributed by atoms with Crippen LogP contribution < -0.4 is 9.47 Å². The van der Waals surface area contributed by atoms with E-state index in [9.17, 15) is 4.79 Å². The number of rotatable bonds is 2. The molecule has 1 aromatic carbocycles. The third-order valence-electron chi connectivity index (χ3n) is 5.34. The lowest BCUT2D eigenvalue weighted by Crippen LogP contribution is -2.21. The Balaban J connectivity index is 2.01. The lowest BCUT2D eigenvalue weighted by atomic mass is 9.77. The number of carbonyl (C=O) groups excluding carboxylic acids is 1. The maximum absolute atomic E-state index is 11.6. The minimum Gasteiger partial charge on any atom is -0.493 e. The average molecular weight is 296 g/mol. The maximum atomic E-state index is 11.6. The Kier molecular flexibility index (Phi) is 2.93. The second-order valence-corrected chi connectivity index (χ2v) is 6.46. The van der Waals surface area contributed by atoms with Gasteiger partial charge in [0.05, 0.1) is 14.2 Å². The van der Waals surface area contributed by atoms with E-state index in [4.69, 9.17) is 9.47 Å². The first-order chi connectivity index (χ1) is 10.7. The topological polar surface area (TPSA) is 35.5 Å². The molecule has 0 aliphatic heterocycles.